The molecule has 6 nitrogen and oxygen atoms in total. The first kappa shape index (κ1) is 22.0. The minimum Gasteiger partial charge on any atom is -0.386 e. The molecule has 3 heterocycles. The molecule has 5 aromatic rings. The molecule has 1 unspecified atom stereocenters. The van der Waals surface area contributed by atoms with Crippen molar-refractivity contribution in [3.05, 3.63) is 95.6 Å². The summed E-state index contributed by atoms with van der Waals surface area (Å²) < 4.78 is 3.84. The Bertz CT molecular complexity index is 1450. The monoisotopic (exact) mass is 451 g/mol. The molecule has 172 valence electrons. The van der Waals surface area contributed by atoms with Gasteiger partial charge in [0.05, 0.1) is 35.2 Å². The number of nitrogens with zero attached hydrogens (tertiary/aromatic N) is 5. The molecule has 0 bridgehead atoms. The highest BCUT2D eigenvalue weighted by Gasteiger charge is 2.22. The Hall–Kier alpha value is -3.77. The molecule has 0 aliphatic heterocycles. The molecule has 34 heavy (non-hydrogen) atoms. The lowest BCUT2D eigenvalue weighted by Gasteiger charge is -2.10. The van der Waals surface area contributed by atoms with Gasteiger partial charge >= 0.3 is 0 Å². The smallest absolute Gasteiger partial charge is 0.0985 e. The summed E-state index contributed by atoms with van der Waals surface area (Å²) in [5, 5.41) is 21.6. The summed E-state index contributed by atoms with van der Waals surface area (Å²) in [6.45, 7) is 8.92. The van der Waals surface area contributed by atoms with Crippen molar-refractivity contribution in [3.63, 3.8) is 0 Å². The van der Waals surface area contributed by atoms with Gasteiger partial charge in [0.25, 0.3) is 0 Å². The molecular formula is C28H29N5O. The van der Waals surface area contributed by atoms with Crippen molar-refractivity contribution in [2.45, 2.75) is 46.3 Å². The van der Waals surface area contributed by atoms with E-state index in [1.54, 1.807) is 6.20 Å². The molecule has 0 spiro atoms. The lowest BCUT2D eigenvalue weighted by molar-refractivity contribution is 0.152. The van der Waals surface area contributed by atoms with Crippen LogP contribution in [0.15, 0.2) is 73.1 Å². The summed E-state index contributed by atoms with van der Waals surface area (Å²) in [7, 11) is 0. The number of aliphatic hydroxyl groups excluding tert-OH is 1. The highest BCUT2D eigenvalue weighted by molar-refractivity contribution is 5.94. The molecule has 1 N–H and O–H groups in total. The van der Waals surface area contributed by atoms with Gasteiger partial charge in [0, 0.05) is 34.6 Å². The zero-order valence-electron chi connectivity index (χ0n) is 20.0. The number of hydrogen-bond acceptors (Lipinski definition) is 4. The van der Waals surface area contributed by atoms with Crippen molar-refractivity contribution in [1.82, 2.24) is 24.5 Å². The van der Waals surface area contributed by atoms with Crippen molar-refractivity contribution in [3.8, 4) is 16.9 Å². The maximum absolute atomic E-state index is 10.7. The first-order chi connectivity index (χ1) is 16.4. The quantitative estimate of drug-likeness (QED) is 0.356. The second kappa shape index (κ2) is 8.88. The van der Waals surface area contributed by atoms with E-state index in [4.69, 9.17) is 10.2 Å². The van der Waals surface area contributed by atoms with Crippen molar-refractivity contribution < 1.29 is 5.11 Å². The third-order valence-corrected chi connectivity index (χ3v) is 6.34. The van der Waals surface area contributed by atoms with Gasteiger partial charge in [0.1, 0.15) is 0 Å². The van der Waals surface area contributed by atoms with Crippen LogP contribution in [0.25, 0.3) is 27.8 Å². The summed E-state index contributed by atoms with van der Waals surface area (Å²) in [4.78, 5) is 4.46. The van der Waals surface area contributed by atoms with Gasteiger partial charge in [-0.1, -0.05) is 56.3 Å². The fourth-order valence-electron chi connectivity index (χ4n) is 4.69. The van der Waals surface area contributed by atoms with Gasteiger partial charge in [-0.2, -0.15) is 10.2 Å². The predicted octanol–water partition coefficient (Wildman–Crippen LogP) is 5.76. The molecule has 0 saturated heterocycles. The van der Waals surface area contributed by atoms with Gasteiger partial charge in [-0.05, 0) is 43.5 Å². The van der Waals surface area contributed by atoms with Gasteiger partial charge in [-0.25, -0.2) is 4.68 Å². The van der Waals surface area contributed by atoms with Crippen LogP contribution in [-0.2, 0) is 6.54 Å². The standard InChI is InChI=1S/C28H29N5O/c1-18(2)27-20(4)33(25-14-9-15-29-19(25)3)31-28(27)22-12-8-13-24-23(22)16-32(30-24)17-26(34)21-10-6-5-7-11-21/h5-16,18,26,34H,17H2,1-4H3. The third kappa shape index (κ3) is 3.90. The van der Waals surface area contributed by atoms with Crippen LogP contribution in [0.1, 0.15) is 48.4 Å². The fraction of sp³-hybridized carbons (Fsp3) is 0.250. The number of rotatable bonds is 6. The van der Waals surface area contributed by atoms with Crippen LogP contribution in [-0.4, -0.2) is 29.7 Å². The van der Waals surface area contributed by atoms with Crippen LogP contribution >= 0.6 is 0 Å². The lowest BCUT2D eigenvalue weighted by Crippen LogP contribution is -2.08. The van der Waals surface area contributed by atoms with Gasteiger partial charge in [0.15, 0.2) is 0 Å². The molecule has 6 heteroatoms. The van der Waals surface area contributed by atoms with Crippen LogP contribution in [0, 0.1) is 13.8 Å². The molecule has 0 saturated carbocycles. The summed E-state index contributed by atoms with van der Waals surface area (Å²) in [5.41, 5.74) is 8.04. The Kier molecular flexibility index (Phi) is 5.75. The van der Waals surface area contributed by atoms with E-state index in [1.165, 1.54) is 5.56 Å². The van der Waals surface area contributed by atoms with E-state index < -0.39 is 6.10 Å². The SMILES string of the molecule is Cc1ncccc1-n1nc(-c2cccc3nn(CC(O)c4ccccc4)cc23)c(C(C)C)c1C. The Morgan fingerprint density at radius 3 is 2.44 bits per heavy atom. The Labute approximate surface area is 199 Å². The molecule has 0 aliphatic rings. The van der Waals surface area contributed by atoms with Crippen LogP contribution in [0.2, 0.25) is 0 Å². The molecule has 5 rings (SSSR count). The largest absolute Gasteiger partial charge is 0.386 e. The third-order valence-electron chi connectivity index (χ3n) is 6.34. The number of pyridine rings is 1. The molecular weight excluding hydrogens is 422 g/mol. The maximum Gasteiger partial charge on any atom is 0.0985 e. The Balaban J connectivity index is 1.61. The topological polar surface area (TPSA) is 68.8 Å². The van der Waals surface area contributed by atoms with E-state index in [1.807, 2.05) is 71.0 Å². The highest BCUT2D eigenvalue weighted by Crippen LogP contribution is 2.36. The van der Waals surface area contributed by atoms with Crippen LogP contribution in [0.5, 0.6) is 0 Å². The minimum atomic E-state index is -0.625. The molecule has 0 aliphatic carbocycles. The van der Waals surface area contributed by atoms with E-state index in [-0.39, 0.29) is 0 Å². The van der Waals surface area contributed by atoms with Crippen molar-refractivity contribution >= 4 is 10.9 Å². The Morgan fingerprint density at radius 1 is 0.912 bits per heavy atom. The van der Waals surface area contributed by atoms with Gasteiger partial charge < -0.3 is 5.11 Å². The van der Waals surface area contributed by atoms with Gasteiger partial charge in [-0.15, -0.1) is 0 Å². The number of hydrogen-bond donors (Lipinski definition) is 1. The maximum atomic E-state index is 10.7. The van der Waals surface area contributed by atoms with E-state index in [2.05, 4.69) is 37.9 Å². The number of aliphatic hydroxyl groups is 1. The predicted molar refractivity (Wildman–Crippen MR) is 135 cm³/mol. The first-order valence-electron chi connectivity index (χ1n) is 11.6. The summed E-state index contributed by atoms with van der Waals surface area (Å²) in [5.74, 6) is 0.297. The van der Waals surface area contributed by atoms with Crippen LogP contribution in [0.4, 0.5) is 0 Å². The molecule has 0 radical (unpaired) electrons. The van der Waals surface area contributed by atoms with E-state index in [0.29, 0.717) is 12.5 Å². The van der Waals surface area contributed by atoms with E-state index >= 15 is 0 Å². The molecule has 0 fully saturated rings. The number of aryl methyl sites for hydroxylation is 1. The number of fused-ring (bicyclic) bond motifs is 1. The normalized spacial score (nSPS) is 12.5. The zero-order chi connectivity index (χ0) is 23.8. The fourth-order valence-corrected chi connectivity index (χ4v) is 4.69. The summed E-state index contributed by atoms with van der Waals surface area (Å²) in [6.07, 6.45) is 3.20. The summed E-state index contributed by atoms with van der Waals surface area (Å²) in [6, 6.07) is 19.8. The number of aromatic nitrogens is 5. The summed E-state index contributed by atoms with van der Waals surface area (Å²) >= 11 is 0. The van der Waals surface area contributed by atoms with Crippen molar-refractivity contribution in [2.75, 3.05) is 0 Å². The lowest BCUT2D eigenvalue weighted by atomic mass is 9.95. The highest BCUT2D eigenvalue weighted by atomic mass is 16.3. The molecule has 1 atom stereocenters. The van der Waals surface area contributed by atoms with Crippen LogP contribution < -0.4 is 0 Å². The van der Waals surface area contributed by atoms with Crippen molar-refractivity contribution in [2.24, 2.45) is 0 Å². The Morgan fingerprint density at radius 2 is 1.71 bits per heavy atom. The van der Waals surface area contributed by atoms with Gasteiger partial charge in [0.2, 0.25) is 0 Å². The number of benzene rings is 2. The second-order valence-electron chi connectivity index (χ2n) is 9.04. The molecule has 2 aromatic carbocycles. The van der Waals surface area contributed by atoms with E-state index in [0.717, 1.165) is 44.8 Å². The minimum absolute atomic E-state index is 0.297. The van der Waals surface area contributed by atoms with Crippen LogP contribution in [0.3, 0.4) is 0 Å². The van der Waals surface area contributed by atoms with Gasteiger partial charge in [-0.3, -0.25) is 9.67 Å². The first-order valence-corrected chi connectivity index (χ1v) is 11.6. The average molecular weight is 452 g/mol. The average Bonchev–Trinajstić information content (AvgIpc) is 3.40. The second-order valence-corrected chi connectivity index (χ2v) is 9.04. The van der Waals surface area contributed by atoms with E-state index in [9.17, 15) is 5.11 Å². The molecule has 0 amide bonds. The molecule has 3 aromatic heterocycles. The van der Waals surface area contributed by atoms with Crippen molar-refractivity contribution in [1.29, 1.82) is 0 Å². The zero-order valence-corrected chi connectivity index (χ0v) is 20.0.